The van der Waals surface area contributed by atoms with Gasteiger partial charge >= 0.3 is 0 Å². The molecule has 0 unspecified atom stereocenters. The van der Waals surface area contributed by atoms with E-state index in [0.29, 0.717) is 12.0 Å². The minimum absolute atomic E-state index is 0.422. The van der Waals surface area contributed by atoms with E-state index in [4.69, 9.17) is 16.3 Å². The monoisotopic (exact) mass is 240 g/mol. The van der Waals surface area contributed by atoms with E-state index in [9.17, 15) is 0 Å². The molecule has 3 nitrogen and oxygen atoms in total. The molecule has 4 heteroatoms. The molecule has 1 aromatic heterocycles. The number of anilines is 1. The Hall–Kier alpha value is -0.800. The summed E-state index contributed by atoms with van der Waals surface area (Å²) in [4.78, 5) is 6.57. The minimum atomic E-state index is 0.422. The van der Waals surface area contributed by atoms with Crippen LogP contribution in [0.1, 0.15) is 18.5 Å². The fourth-order valence-electron chi connectivity index (χ4n) is 2.08. The molecular formula is C12H17ClN2O. The van der Waals surface area contributed by atoms with Gasteiger partial charge in [0.05, 0.1) is 17.7 Å². The van der Waals surface area contributed by atoms with E-state index in [1.54, 1.807) is 7.11 Å². The molecule has 1 aliphatic rings. The van der Waals surface area contributed by atoms with Gasteiger partial charge in [-0.1, -0.05) is 0 Å². The summed E-state index contributed by atoms with van der Waals surface area (Å²) >= 11 is 5.78. The number of nitrogens with zero attached hydrogens (tertiary/aromatic N) is 2. The smallest absolute Gasteiger partial charge is 0.0648 e. The van der Waals surface area contributed by atoms with Gasteiger partial charge in [0.1, 0.15) is 0 Å². The molecule has 0 saturated carbocycles. The van der Waals surface area contributed by atoms with Gasteiger partial charge in [0.15, 0.2) is 0 Å². The third-order valence-corrected chi connectivity index (χ3v) is 3.35. The summed E-state index contributed by atoms with van der Waals surface area (Å²) in [5, 5.41) is 0. The molecule has 0 bridgehead atoms. The maximum atomic E-state index is 5.78. The highest BCUT2D eigenvalue weighted by molar-refractivity contribution is 6.16. The zero-order valence-electron chi connectivity index (χ0n) is 9.53. The Morgan fingerprint density at radius 3 is 2.88 bits per heavy atom. The first-order chi connectivity index (χ1) is 7.83. The molecule has 0 aromatic carbocycles. The molecule has 1 aliphatic heterocycles. The number of piperidine rings is 1. The number of pyridine rings is 1. The van der Waals surface area contributed by atoms with E-state index >= 15 is 0 Å². The predicted octanol–water partition coefficient (Wildman–Crippen LogP) is 2.44. The van der Waals surface area contributed by atoms with Gasteiger partial charge in [-0.05, 0) is 25.0 Å². The third-order valence-electron chi connectivity index (χ3n) is 3.08. The second-order valence-electron chi connectivity index (χ2n) is 4.06. The van der Waals surface area contributed by atoms with Crippen LogP contribution in [0.2, 0.25) is 0 Å². The SMILES string of the molecule is COC1CCN(c2ccnc(CCl)c2)CC1. The molecule has 16 heavy (non-hydrogen) atoms. The summed E-state index contributed by atoms with van der Waals surface area (Å²) in [6, 6.07) is 4.11. The van der Waals surface area contributed by atoms with E-state index in [0.717, 1.165) is 31.6 Å². The zero-order valence-corrected chi connectivity index (χ0v) is 10.3. The van der Waals surface area contributed by atoms with E-state index in [2.05, 4.69) is 16.0 Å². The summed E-state index contributed by atoms with van der Waals surface area (Å²) < 4.78 is 5.36. The fourth-order valence-corrected chi connectivity index (χ4v) is 2.23. The van der Waals surface area contributed by atoms with Crippen molar-refractivity contribution in [1.82, 2.24) is 4.98 Å². The number of hydrogen-bond acceptors (Lipinski definition) is 3. The summed E-state index contributed by atoms with van der Waals surface area (Å²) in [6.45, 7) is 2.09. The van der Waals surface area contributed by atoms with Crippen LogP contribution in [0, 0.1) is 0 Å². The van der Waals surface area contributed by atoms with Crippen LogP contribution in [0.3, 0.4) is 0 Å². The van der Waals surface area contributed by atoms with E-state index in [-0.39, 0.29) is 0 Å². The van der Waals surface area contributed by atoms with Crippen LogP contribution in [0.5, 0.6) is 0 Å². The van der Waals surface area contributed by atoms with Gasteiger partial charge in [0.2, 0.25) is 0 Å². The molecule has 1 aromatic rings. The lowest BCUT2D eigenvalue weighted by Gasteiger charge is -2.33. The second kappa shape index (κ2) is 5.51. The first-order valence-corrected chi connectivity index (χ1v) is 6.15. The molecule has 0 radical (unpaired) electrons. The highest BCUT2D eigenvalue weighted by Crippen LogP contribution is 2.21. The van der Waals surface area contributed by atoms with Gasteiger partial charge in [-0.15, -0.1) is 11.6 Å². The number of rotatable bonds is 3. The summed E-state index contributed by atoms with van der Waals surface area (Å²) in [5.74, 6) is 0.475. The number of alkyl halides is 1. The molecule has 2 rings (SSSR count). The van der Waals surface area contributed by atoms with Crippen LogP contribution >= 0.6 is 11.6 Å². The van der Waals surface area contributed by atoms with E-state index in [1.807, 2.05) is 12.3 Å². The predicted molar refractivity (Wildman–Crippen MR) is 66.0 cm³/mol. The zero-order chi connectivity index (χ0) is 11.4. The average Bonchev–Trinajstić information content (AvgIpc) is 2.39. The Morgan fingerprint density at radius 2 is 2.25 bits per heavy atom. The van der Waals surface area contributed by atoms with Crippen molar-refractivity contribution < 1.29 is 4.74 Å². The lowest BCUT2D eigenvalue weighted by molar-refractivity contribution is 0.0819. The Bertz CT molecular complexity index is 338. The fraction of sp³-hybridized carbons (Fsp3) is 0.583. The van der Waals surface area contributed by atoms with Crippen LogP contribution in [0.25, 0.3) is 0 Å². The van der Waals surface area contributed by atoms with Crippen LogP contribution in [-0.2, 0) is 10.6 Å². The van der Waals surface area contributed by atoms with Gasteiger partial charge < -0.3 is 9.64 Å². The molecule has 0 aliphatic carbocycles. The first kappa shape index (κ1) is 11.7. The second-order valence-corrected chi connectivity index (χ2v) is 4.33. The van der Waals surface area contributed by atoms with Crippen molar-refractivity contribution in [3.8, 4) is 0 Å². The highest BCUT2D eigenvalue weighted by Gasteiger charge is 2.18. The van der Waals surface area contributed by atoms with Gasteiger partial charge in [-0.2, -0.15) is 0 Å². The minimum Gasteiger partial charge on any atom is -0.381 e. The molecule has 1 fully saturated rings. The van der Waals surface area contributed by atoms with Crippen LogP contribution in [-0.4, -0.2) is 31.3 Å². The largest absolute Gasteiger partial charge is 0.381 e. The van der Waals surface area contributed by atoms with Gasteiger partial charge in [0.25, 0.3) is 0 Å². The van der Waals surface area contributed by atoms with E-state index < -0.39 is 0 Å². The molecular weight excluding hydrogens is 224 g/mol. The number of hydrogen-bond donors (Lipinski definition) is 0. The Balaban J connectivity index is 2.02. The standard InChI is InChI=1S/C12H17ClN2O/c1-16-12-3-6-15(7-4-12)11-2-5-14-10(8-11)9-13/h2,5,8,12H,3-4,6-7,9H2,1H3. The molecule has 1 saturated heterocycles. The summed E-state index contributed by atoms with van der Waals surface area (Å²) in [7, 11) is 1.79. The lowest BCUT2D eigenvalue weighted by Crippen LogP contribution is -2.36. The average molecular weight is 241 g/mol. The van der Waals surface area contributed by atoms with Crippen molar-refractivity contribution in [2.45, 2.75) is 24.8 Å². The van der Waals surface area contributed by atoms with Crippen LogP contribution < -0.4 is 4.90 Å². The highest BCUT2D eigenvalue weighted by atomic mass is 35.5. The first-order valence-electron chi connectivity index (χ1n) is 5.62. The normalized spacial score (nSPS) is 17.8. The van der Waals surface area contributed by atoms with E-state index in [1.165, 1.54) is 5.69 Å². The van der Waals surface area contributed by atoms with Gasteiger partial charge in [-0.3, -0.25) is 4.98 Å². The Morgan fingerprint density at radius 1 is 1.50 bits per heavy atom. The topological polar surface area (TPSA) is 25.4 Å². The number of ether oxygens (including phenoxy) is 1. The number of aromatic nitrogens is 1. The van der Waals surface area contributed by atoms with Crippen LogP contribution in [0.15, 0.2) is 18.3 Å². The quantitative estimate of drug-likeness (QED) is 0.759. The third kappa shape index (κ3) is 2.66. The molecule has 0 N–H and O–H groups in total. The Labute approximate surface area is 101 Å². The lowest BCUT2D eigenvalue weighted by atomic mass is 10.1. The number of halogens is 1. The Kier molecular flexibility index (Phi) is 4.02. The maximum absolute atomic E-state index is 5.78. The number of methoxy groups -OCH3 is 1. The molecule has 88 valence electrons. The van der Waals surface area contributed by atoms with Crippen LogP contribution in [0.4, 0.5) is 5.69 Å². The van der Waals surface area contributed by atoms with Crippen molar-refractivity contribution in [3.63, 3.8) is 0 Å². The van der Waals surface area contributed by atoms with Crippen molar-refractivity contribution in [2.24, 2.45) is 0 Å². The van der Waals surface area contributed by atoms with Crippen molar-refractivity contribution in [3.05, 3.63) is 24.0 Å². The van der Waals surface area contributed by atoms with Crippen molar-refractivity contribution >= 4 is 17.3 Å². The summed E-state index contributed by atoms with van der Waals surface area (Å²) in [6.07, 6.45) is 4.44. The molecule has 0 atom stereocenters. The summed E-state index contributed by atoms with van der Waals surface area (Å²) in [5.41, 5.74) is 2.16. The maximum Gasteiger partial charge on any atom is 0.0648 e. The molecule has 0 amide bonds. The van der Waals surface area contributed by atoms with Gasteiger partial charge in [-0.25, -0.2) is 0 Å². The molecule has 2 heterocycles. The molecule has 0 spiro atoms. The van der Waals surface area contributed by atoms with Crippen molar-refractivity contribution in [2.75, 3.05) is 25.1 Å². The van der Waals surface area contributed by atoms with Crippen molar-refractivity contribution in [1.29, 1.82) is 0 Å². The van der Waals surface area contributed by atoms with Gasteiger partial charge in [0, 0.05) is 32.1 Å².